The molecular weight excluding hydrogens is 427 g/mol. The monoisotopic (exact) mass is 446 g/mol. The van der Waals surface area contributed by atoms with Crippen molar-refractivity contribution in [3.8, 4) is 0 Å². The first-order chi connectivity index (χ1) is 14.3. The maximum absolute atomic E-state index is 13.3. The highest BCUT2D eigenvalue weighted by Gasteiger charge is 2.28. The van der Waals surface area contributed by atoms with Crippen LogP contribution in [-0.4, -0.2) is 20.9 Å². The molecular formula is C22H20ClFN2O3S. The highest BCUT2D eigenvalue weighted by atomic mass is 35.5. The molecule has 0 fully saturated rings. The Balaban J connectivity index is 1.88. The average Bonchev–Trinajstić information content (AvgIpc) is 2.73. The summed E-state index contributed by atoms with van der Waals surface area (Å²) in [5, 5.41) is 2.95. The van der Waals surface area contributed by atoms with E-state index in [1.165, 1.54) is 24.3 Å². The molecule has 8 heteroatoms. The quantitative estimate of drug-likeness (QED) is 0.579. The minimum atomic E-state index is -4.04. The molecule has 0 heterocycles. The van der Waals surface area contributed by atoms with Crippen molar-refractivity contribution in [2.24, 2.45) is 0 Å². The second kappa shape index (κ2) is 9.28. The van der Waals surface area contributed by atoms with E-state index in [9.17, 15) is 17.6 Å². The van der Waals surface area contributed by atoms with Crippen molar-refractivity contribution in [2.75, 3.05) is 10.8 Å². The summed E-state index contributed by atoms with van der Waals surface area (Å²) in [4.78, 5) is 12.8. The van der Waals surface area contributed by atoms with Crippen molar-refractivity contribution in [3.63, 3.8) is 0 Å². The van der Waals surface area contributed by atoms with Crippen molar-refractivity contribution >= 4 is 33.2 Å². The number of para-hydroxylation sites is 1. The van der Waals surface area contributed by atoms with Gasteiger partial charge in [-0.15, -0.1) is 0 Å². The molecule has 0 aliphatic carbocycles. The molecule has 1 amide bonds. The molecule has 0 saturated heterocycles. The van der Waals surface area contributed by atoms with Crippen LogP contribution in [0.1, 0.15) is 18.5 Å². The molecule has 5 nitrogen and oxygen atoms in total. The van der Waals surface area contributed by atoms with Crippen LogP contribution < -0.4 is 9.62 Å². The second-order valence-electron chi connectivity index (χ2n) is 6.62. The number of hydrogen-bond donors (Lipinski definition) is 1. The number of amides is 1. The summed E-state index contributed by atoms with van der Waals surface area (Å²) in [6, 6.07) is 19.5. The summed E-state index contributed by atoms with van der Waals surface area (Å²) < 4.78 is 40.6. The normalized spacial score (nSPS) is 12.2. The van der Waals surface area contributed by atoms with Crippen LogP contribution in [0.15, 0.2) is 83.8 Å². The van der Waals surface area contributed by atoms with Gasteiger partial charge in [-0.25, -0.2) is 12.8 Å². The van der Waals surface area contributed by atoms with E-state index in [1.807, 2.05) is 0 Å². The molecule has 3 rings (SSSR count). The Bertz CT molecular complexity index is 1120. The first kappa shape index (κ1) is 21.8. The summed E-state index contributed by atoms with van der Waals surface area (Å²) in [5.74, 6) is -0.901. The zero-order chi connectivity index (χ0) is 21.7. The van der Waals surface area contributed by atoms with Gasteiger partial charge in [-0.3, -0.25) is 9.10 Å². The Labute approximate surface area is 180 Å². The van der Waals surface area contributed by atoms with Gasteiger partial charge in [0.1, 0.15) is 12.4 Å². The molecule has 1 unspecified atom stereocenters. The van der Waals surface area contributed by atoms with Crippen molar-refractivity contribution < 1.29 is 17.6 Å². The lowest BCUT2D eigenvalue weighted by molar-refractivity contribution is -0.120. The van der Waals surface area contributed by atoms with Crippen LogP contribution in [0.3, 0.4) is 0 Å². The third-order valence-electron chi connectivity index (χ3n) is 4.49. The number of hydrogen-bond acceptors (Lipinski definition) is 3. The summed E-state index contributed by atoms with van der Waals surface area (Å²) in [6.07, 6.45) is 0. The molecule has 0 saturated carbocycles. The lowest BCUT2D eigenvalue weighted by Gasteiger charge is -2.26. The fourth-order valence-corrected chi connectivity index (χ4v) is 4.67. The number of sulfonamides is 1. The molecule has 0 spiro atoms. The van der Waals surface area contributed by atoms with E-state index in [2.05, 4.69) is 5.32 Å². The molecule has 0 radical (unpaired) electrons. The molecule has 0 aliphatic rings. The maximum Gasteiger partial charge on any atom is 0.264 e. The Kier molecular flexibility index (Phi) is 6.74. The van der Waals surface area contributed by atoms with Gasteiger partial charge in [0, 0.05) is 0 Å². The average molecular weight is 447 g/mol. The number of nitrogens with zero attached hydrogens (tertiary/aromatic N) is 1. The Morgan fingerprint density at radius 2 is 1.60 bits per heavy atom. The molecule has 156 valence electrons. The topological polar surface area (TPSA) is 66.5 Å². The Hall–Kier alpha value is -2.90. The molecule has 0 bridgehead atoms. The summed E-state index contributed by atoms with van der Waals surface area (Å²) >= 11 is 6.24. The summed E-state index contributed by atoms with van der Waals surface area (Å²) in [6.45, 7) is 1.27. The van der Waals surface area contributed by atoms with Crippen LogP contribution in [0.5, 0.6) is 0 Å². The molecule has 1 atom stereocenters. The van der Waals surface area contributed by atoms with E-state index in [0.29, 0.717) is 5.56 Å². The second-order valence-corrected chi connectivity index (χ2v) is 8.89. The molecule has 1 N–H and O–H groups in total. The molecule has 0 aliphatic heterocycles. The SMILES string of the molecule is CC(NC(=O)CN(c1ccccc1Cl)S(=O)(=O)c1ccccc1)c1ccc(F)cc1. The van der Waals surface area contributed by atoms with Gasteiger partial charge >= 0.3 is 0 Å². The molecule has 30 heavy (non-hydrogen) atoms. The first-order valence-corrected chi connectivity index (χ1v) is 11.0. The standard InChI is InChI=1S/C22H20ClFN2O3S/c1-16(17-11-13-18(24)14-12-17)25-22(27)15-26(21-10-6-5-9-20(21)23)30(28,29)19-7-3-2-4-8-19/h2-14,16H,15H2,1H3,(H,25,27). The van der Waals surface area contributed by atoms with Gasteiger partial charge < -0.3 is 5.32 Å². The first-order valence-electron chi connectivity index (χ1n) is 9.16. The largest absolute Gasteiger partial charge is 0.348 e. The maximum atomic E-state index is 13.3. The van der Waals surface area contributed by atoms with Gasteiger partial charge in [0.05, 0.1) is 21.6 Å². The predicted molar refractivity (Wildman–Crippen MR) is 115 cm³/mol. The van der Waals surface area contributed by atoms with Crippen LogP contribution >= 0.6 is 11.6 Å². The van der Waals surface area contributed by atoms with Gasteiger partial charge in [0.15, 0.2) is 0 Å². The minimum absolute atomic E-state index is 0.0457. The van der Waals surface area contributed by atoms with Crippen molar-refractivity contribution in [3.05, 3.63) is 95.3 Å². The number of carbonyl (C=O) groups is 1. The number of carbonyl (C=O) groups excluding carboxylic acids is 1. The fraction of sp³-hybridized carbons (Fsp3) is 0.136. The van der Waals surface area contributed by atoms with Crippen molar-refractivity contribution in [1.82, 2.24) is 5.32 Å². The van der Waals surface area contributed by atoms with Crippen LogP contribution in [0.4, 0.5) is 10.1 Å². The Morgan fingerprint density at radius 1 is 1.00 bits per heavy atom. The van der Waals surface area contributed by atoms with E-state index in [-0.39, 0.29) is 21.4 Å². The summed E-state index contributed by atoms with van der Waals surface area (Å²) in [5.41, 5.74) is 0.896. The van der Waals surface area contributed by atoms with Crippen molar-refractivity contribution in [1.29, 1.82) is 0 Å². The van der Waals surface area contributed by atoms with Crippen LogP contribution in [0.2, 0.25) is 5.02 Å². The zero-order valence-corrected chi connectivity index (χ0v) is 17.7. The predicted octanol–water partition coefficient (Wildman–Crippen LogP) is 4.55. The number of nitrogens with one attached hydrogen (secondary N) is 1. The number of anilines is 1. The van der Waals surface area contributed by atoms with E-state index >= 15 is 0 Å². The van der Waals surface area contributed by atoms with Crippen LogP contribution in [0.25, 0.3) is 0 Å². The third-order valence-corrected chi connectivity index (χ3v) is 6.58. The van der Waals surface area contributed by atoms with Crippen LogP contribution in [0, 0.1) is 5.82 Å². The lowest BCUT2D eigenvalue weighted by Crippen LogP contribution is -2.41. The van der Waals surface area contributed by atoms with Gasteiger partial charge in [-0.2, -0.15) is 0 Å². The lowest BCUT2D eigenvalue weighted by atomic mass is 10.1. The smallest absolute Gasteiger partial charge is 0.264 e. The highest BCUT2D eigenvalue weighted by molar-refractivity contribution is 7.92. The van der Waals surface area contributed by atoms with Crippen molar-refractivity contribution in [2.45, 2.75) is 17.9 Å². The minimum Gasteiger partial charge on any atom is -0.348 e. The third kappa shape index (κ3) is 4.98. The van der Waals surface area contributed by atoms with Gasteiger partial charge in [-0.05, 0) is 48.9 Å². The number of benzene rings is 3. The summed E-state index contributed by atoms with van der Waals surface area (Å²) in [7, 11) is -4.04. The number of rotatable bonds is 7. The van der Waals surface area contributed by atoms with E-state index in [1.54, 1.807) is 61.5 Å². The van der Waals surface area contributed by atoms with Gasteiger partial charge in [0.2, 0.25) is 5.91 Å². The number of halogens is 2. The molecule has 0 aromatic heterocycles. The highest BCUT2D eigenvalue weighted by Crippen LogP contribution is 2.30. The van der Waals surface area contributed by atoms with E-state index in [0.717, 1.165) is 4.31 Å². The molecule has 3 aromatic rings. The van der Waals surface area contributed by atoms with Gasteiger partial charge in [0.25, 0.3) is 10.0 Å². The van der Waals surface area contributed by atoms with Crippen LogP contribution in [-0.2, 0) is 14.8 Å². The van der Waals surface area contributed by atoms with E-state index in [4.69, 9.17) is 11.6 Å². The Morgan fingerprint density at radius 3 is 2.23 bits per heavy atom. The fourth-order valence-electron chi connectivity index (χ4n) is 2.93. The zero-order valence-electron chi connectivity index (χ0n) is 16.1. The van der Waals surface area contributed by atoms with Gasteiger partial charge in [-0.1, -0.05) is 54.1 Å². The molecule has 3 aromatic carbocycles. The van der Waals surface area contributed by atoms with E-state index < -0.39 is 28.5 Å².